The van der Waals surface area contributed by atoms with Crippen molar-refractivity contribution in [2.45, 2.75) is 18.5 Å². The van der Waals surface area contributed by atoms with Gasteiger partial charge in [-0.05, 0) is 79.3 Å². The number of nitrogens with zero attached hydrogens (tertiary/aromatic N) is 2. The largest absolute Gasteiger partial charge is 0.459 e. The predicted octanol–water partition coefficient (Wildman–Crippen LogP) is 6.47. The first-order chi connectivity index (χ1) is 16.7. The molecule has 1 aliphatic rings. The number of hydrogen-bond donors (Lipinski definition) is 2. The van der Waals surface area contributed by atoms with E-state index >= 15 is 0 Å². The fourth-order valence-corrected chi connectivity index (χ4v) is 4.73. The van der Waals surface area contributed by atoms with Gasteiger partial charge in [-0.25, -0.2) is 0 Å². The Bertz CT molecular complexity index is 1230. The van der Waals surface area contributed by atoms with Crippen LogP contribution in [-0.2, 0) is 0 Å². The number of furan rings is 1. The molecule has 172 valence electrons. The summed E-state index contributed by atoms with van der Waals surface area (Å²) in [6, 6.07) is 27.7. The van der Waals surface area contributed by atoms with Crippen LogP contribution in [0.3, 0.4) is 0 Å². The molecule has 2 aromatic heterocycles. The average Bonchev–Trinajstić information content (AvgIpc) is 3.48. The summed E-state index contributed by atoms with van der Waals surface area (Å²) in [6.07, 6.45) is 2.73. The van der Waals surface area contributed by atoms with Crippen LogP contribution >= 0.6 is 23.8 Å². The zero-order valence-corrected chi connectivity index (χ0v) is 20.1. The molecule has 4 aromatic rings. The molecule has 5 rings (SSSR count). The van der Waals surface area contributed by atoms with Gasteiger partial charge in [0.2, 0.25) is 0 Å². The molecule has 7 heteroatoms. The normalized spacial score (nSPS) is 17.6. The van der Waals surface area contributed by atoms with Crippen molar-refractivity contribution in [1.29, 1.82) is 0 Å². The summed E-state index contributed by atoms with van der Waals surface area (Å²) < 4.78 is 6.37. The molecule has 3 heterocycles. The molecular formula is C27H25ClN4OS. The van der Waals surface area contributed by atoms with Gasteiger partial charge in [-0.15, -0.1) is 0 Å². The topological polar surface area (TPSA) is 53.3 Å². The first-order valence-electron chi connectivity index (χ1n) is 11.3. The minimum Gasteiger partial charge on any atom is -0.459 e. The van der Waals surface area contributed by atoms with E-state index in [0.29, 0.717) is 10.1 Å². The molecule has 0 saturated carbocycles. The SMILES string of the molecule is S=C1N[C@@H](c2ccccn2)[C@@H](c2ccc(-c3ccc(Cl)cc3)o2)N1CCCNc1ccccc1. The Morgan fingerprint density at radius 1 is 0.971 bits per heavy atom. The standard InChI is InChI=1S/C27H25ClN4OS/c28-20-12-10-19(11-13-20)23-14-15-24(33-23)26-25(22-9-4-5-16-30-22)31-27(34)32(26)18-6-17-29-21-7-2-1-3-8-21/h1-5,7-16,25-26,29H,6,17-18H2,(H,31,34)/t25-,26+/m0/s1. The number of hydrogen-bond acceptors (Lipinski definition) is 4. The first-order valence-corrected chi connectivity index (χ1v) is 12.1. The van der Waals surface area contributed by atoms with Gasteiger partial charge < -0.3 is 20.0 Å². The van der Waals surface area contributed by atoms with E-state index in [1.807, 2.05) is 79.0 Å². The fraction of sp³-hybridized carbons (Fsp3) is 0.185. The zero-order chi connectivity index (χ0) is 23.3. The molecule has 2 N–H and O–H groups in total. The van der Waals surface area contributed by atoms with E-state index in [1.54, 1.807) is 0 Å². The van der Waals surface area contributed by atoms with Crippen LogP contribution in [0.15, 0.2) is 95.5 Å². The number of pyridine rings is 1. The van der Waals surface area contributed by atoms with Gasteiger partial charge in [0, 0.05) is 35.6 Å². The average molecular weight is 489 g/mol. The second-order valence-electron chi connectivity index (χ2n) is 8.18. The van der Waals surface area contributed by atoms with Crippen molar-refractivity contribution in [1.82, 2.24) is 15.2 Å². The van der Waals surface area contributed by atoms with Gasteiger partial charge in [0.15, 0.2) is 5.11 Å². The van der Waals surface area contributed by atoms with E-state index in [-0.39, 0.29) is 12.1 Å². The third-order valence-electron chi connectivity index (χ3n) is 5.92. The van der Waals surface area contributed by atoms with Crippen LogP contribution in [0.4, 0.5) is 5.69 Å². The van der Waals surface area contributed by atoms with Crippen molar-refractivity contribution < 1.29 is 4.42 Å². The van der Waals surface area contributed by atoms with Crippen molar-refractivity contribution in [3.63, 3.8) is 0 Å². The Kier molecular flexibility index (Phi) is 6.79. The van der Waals surface area contributed by atoms with Crippen molar-refractivity contribution in [3.8, 4) is 11.3 Å². The summed E-state index contributed by atoms with van der Waals surface area (Å²) in [5.74, 6) is 1.65. The van der Waals surface area contributed by atoms with Gasteiger partial charge in [0.25, 0.3) is 0 Å². The highest BCUT2D eigenvalue weighted by atomic mass is 35.5. The zero-order valence-electron chi connectivity index (χ0n) is 18.5. The highest BCUT2D eigenvalue weighted by molar-refractivity contribution is 7.80. The number of thiocarbonyl (C=S) groups is 1. The quantitative estimate of drug-likeness (QED) is 0.219. The molecule has 0 radical (unpaired) electrons. The molecule has 0 spiro atoms. The maximum absolute atomic E-state index is 6.37. The van der Waals surface area contributed by atoms with E-state index < -0.39 is 0 Å². The van der Waals surface area contributed by atoms with Crippen LogP contribution < -0.4 is 10.6 Å². The Morgan fingerprint density at radius 2 is 1.76 bits per heavy atom. The molecule has 0 bridgehead atoms. The van der Waals surface area contributed by atoms with Gasteiger partial charge in [-0.2, -0.15) is 0 Å². The lowest BCUT2D eigenvalue weighted by atomic mass is 10.0. The predicted molar refractivity (Wildman–Crippen MR) is 141 cm³/mol. The maximum Gasteiger partial charge on any atom is 0.170 e. The Morgan fingerprint density at radius 3 is 2.53 bits per heavy atom. The smallest absolute Gasteiger partial charge is 0.170 e. The number of benzene rings is 2. The minimum atomic E-state index is -0.0972. The summed E-state index contributed by atoms with van der Waals surface area (Å²) in [5, 5.41) is 8.37. The number of aromatic nitrogens is 1. The van der Waals surface area contributed by atoms with Crippen molar-refractivity contribution in [3.05, 3.63) is 108 Å². The third kappa shape index (κ3) is 4.93. The Labute approximate surface area is 209 Å². The molecule has 34 heavy (non-hydrogen) atoms. The molecular weight excluding hydrogens is 464 g/mol. The molecule has 1 saturated heterocycles. The second kappa shape index (κ2) is 10.3. The van der Waals surface area contributed by atoms with Crippen molar-refractivity contribution in [2.75, 3.05) is 18.4 Å². The van der Waals surface area contributed by atoms with Gasteiger partial charge in [-0.1, -0.05) is 35.9 Å². The lowest BCUT2D eigenvalue weighted by Crippen LogP contribution is -2.31. The third-order valence-corrected chi connectivity index (χ3v) is 6.53. The molecule has 0 amide bonds. The van der Waals surface area contributed by atoms with Crippen LogP contribution in [0.2, 0.25) is 5.02 Å². The minimum absolute atomic E-state index is 0.0971. The lowest BCUT2D eigenvalue weighted by Gasteiger charge is -2.26. The first kappa shape index (κ1) is 22.4. The van der Waals surface area contributed by atoms with Gasteiger partial charge in [0.1, 0.15) is 17.6 Å². The van der Waals surface area contributed by atoms with Crippen molar-refractivity contribution >= 4 is 34.6 Å². The molecule has 0 aliphatic carbocycles. The van der Waals surface area contributed by atoms with E-state index in [1.165, 1.54) is 0 Å². The van der Waals surface area contributed by atoms with Crippen LogP contribution in [0.5, 0.6) is 0 Å². The fourth-order valence-electron chi connectivity index (χ4n) is 4.27. The Hall–Kier alpha value is -3.35. The molecule has 2 aromatic carbocycles. The number of nitrogens with one attached hydrogen (secondary N) is 2. The summed E-state index contributed by atoms with van der Waals surface area (Å²) in [5.41, 5.74) is 3.03. The highest BCUT2D eigenvalue weighted by Crippen LogP contribution is 2.40. The molecule has 0 unspecified atom stereocenters. The monoisotopic (exact) mass is 488 g/mol. The summed E-state index contributed by atoms with van der Waals surface area (Å²) >= 11 is 11.8. The van der Waals surface area contributed by atoms with E-state index in [0.717, 1.165) is 48.0 Å². The van der Waals surface area contributed by atoms with Crippen molar-refractivity contribution in [2.24, 2.45) is 0 Å². The lowest BCUT2D eigenvalue weighted by molar-refractivity contribution is 0.274. The van der Waals surface area contributed by atoms with E-state index in [2.05, 4.69) is 32.7 Å². The van der Waals surface area contributed by atoms with E-state index in [9.17, 15) is 0 Å². The summed E-state index contributed by atoms with van der Waals surface area (Å²) in [7, 11) is 0. The molecule has 1 aliphatic heterocycles. The highest BCUT2D eigenvalue weighted by Gasteiger charge is 2.41. The summed E-state index contributed by atoms with van der Waals surface area (Å²) in [4.78, 5) is 6.81. The summed E-state index contributed by atoms with van der Waals surface area (Å²) in [6.45, 7) is 1.63. The molecule has 1 fully saturated rings. The maximum atomic E-state index is 6.37. The van der Waals surface area contributed by atoms with Crippen LogP contribution in [0, 0.1) is 0 Å². The van der Waals surface area contributed by atoms with Crippen LogP contribution in [-0.4, -0.2) is 28.1 Å². The number of para-hydroxylation sites is 1. The Balaban J connectivity index is 1.37. The number of rotatable bonds is 8. The van der Waals surface area contributed by atoms with Gasteiger partial charge in [0.05, 0.1) is 11.7 Å². The molecule has 5 nitrogen and oxygen atoms in total. The van der Waals surface area contributed by atoms with E-state index in [4.69, 9.17) is 28.2 Å². The van der Waals surface area contributed by atoms with Gasteiger partial charge >= 0.3 is 0 Å². The number of anilines is 1. The molecule has 2 atom stereocenters. The van der Waals surface area contributed by atoms with Crippen LogP contribution in [0.25, 0.3) is 11.3 Å². The number of halogens is 1. The van der Waals surface area contributed by atoms with Gasteiger partial charge in [-0.3, -0.25) is 4.98 Å². The second-order valence-corrected chi connectivity index (χ2v) is 9.00. The van der Waals surface area contributed by atoms with Crippen LogP contribution in [0.1, 0.15) is 30.0 Å².